The number of likely N-dealkylation sites (N-methyl/N-ethyl adjacent to an activating group) is 1. The van der Waals surface area contributed by atoms with E-state index in [1.165, 1.54) is 34.5 Å². The van der Waals surface area contributed by atoms with Gasteiger partial charge in [-0.1, -0.05) is 12.1 Å². The number of methoxy groups -OCH3 is 1. The van der Waals surface area contributed by atoms with Crippen LogP contribution in [0.1, 0.15) is 11.1 Å². The van der Waals surface area contributed by atoms with Crippen LogP contribution in [0.5, 0.6) is 5.75 Å². The molecular weight excluding hydrogens is 544 g/mol. The summed E-state index contributed by atoms with van der Waals surface area (Å²) in [5.74, 6) is 1.81. The van der Waals surface area contributed by atoms with Gasteiger partial charge in [0.25, 0.3) is 5.56 Å². The number of fused-ring (bicyclic) bond motifs is 2. The van der Waals surface area contributed by atoms with Crippen LogP contribution in [-0.4, -0.2) is 79.9 Å². The van der Waals surface area contributed by atoms with Gasteiger partial charge in [-0.15, -0.1) is 6.58 Å². The number of allylic oxidation sites excluding steroid dienone is 1. The van der Waals surface area contributed by atoms with Crippen molar-refractivity contribution >= 4 is 38.2 Å². The van der Waals surface area contributed by atoms with Crippen LogP contribution in [0.3, 0.4) is 0 Å². The van der Waals surface area contributed by atoms with Crippen LogP contribution in [0.2, 0.25) is 0 Å². The third-order valence-electron chi connectivity index (χ3n) is 6.51. The van der Waals surface area contributed by atoms with Crippen molar-refractivity contribution in [1.82, 2.24) is 29.2 Å². The van der Waals surface area contributed by atoms with Crippen LogP contribution in [-0.2, 0) is 34.0 Å². The molecule has 216 valence electrons. The molecule has 1 aromatic carbocycles. The van der Waals surface area contributed by atoms with Gasteiger partial charge in [-0.3, -0.25) is 4.79 Å². The largest absolute Gasteiger partial charge is 0.491 e. The van der Waals surface area contributed by atoms with Crippen LogP contribution < -0.4 is 15.6 Å². The maximum atomic E-state index is 13.3. The van der Waals surface area contributed by atoms with Gasteiger partial charge in [0.2, 0.25) is 5.95 Å². The Morgan fingerprint density at radius 1 is 1.22 bits per heavy atom. The second-order valence-corrected chi connectivity index (χ2v) is 12.7. The fourth-order valence-electron chi connectivity index (χ4n) is 4.78. The van der Waals surface area contributed by atoms with Crippen molar-refractivity contribution in [3.63, 3.8) is 0 Å². The molecule has 0 amide bonds. The third kappa shape index (κ3) is 6.32. The lowest BCUT2D eigenvalue weighted by Gasteiger charge is -2.27. The molecule has 0 fully saturated rings. The van der Waals surface area contributed by atoms with Crippen molar-refractivity contribution < 1.29 is 13.7 Å². The molecule has 0 saturated carbocycles. The van der Waals surface area contributed by atoms with Crippen LogP contribution >= 0.6 is 0 Å². The Kier molecular flexibility index (Phi) is 8.20. The Hall–Kier alpha value is -4.07. The van der Waals surface area contributed by atoms with E-state index in [9.17, 15) is 9.00 Å². The van der Waals surface area contributed by atoms with Gasteiger partial charge in [0.1, 0.15) is 17.7 Å². The molecule has 3 aromatic heterocycles. The molecule has 13 heteroatoms. The second kappa shape index (κ2) is 11.8. The first-order valence-electron chi connectivity index (χ1n) is 13.1. The molecule has 41 heavy (non-hydrogen) atoms. The minimum absolute atomic E-state index is 0.222. The zero-order valence-electron chi connectivity index (χ0n) is 23.7. The van der Waals surface area contributed by atoms with Crippen molar-refractivity contribution in [2.45, 2.75) is 19.5 Å². The van der Waals surface area contributed by atoms with Crippen molar-refractivity contribution in [3.05, 3.63) is 70.7 Å². The highest BCUT2D eigenvalue weighted by Crippen LogP contribution is 2.33. The van der Waals surface area contributed by atoms with E-state index >= 15 is 0 Å². The maximum absolute atomic E-state index is 13.3. The van der Waals surface area contributed by atoms with Crippen molar-refractivity contribution in [1.29, 1.82) is 0 Å². The van der Waals surface area contributed by atoms with E-state index in [2.05, 4.69) is 44.2 Å². The molecule has 1 aliphatic rings. The molecule has 5 rings (SSSR count). The van der Waals surface area contributed by atoms with E-state index in [1.54, 1.807) is 36.1 Å². The number of rotatable bonds is 10. The monoisotopic (exact) mass is 578 g/mol. The van der Waals surface area contributed by atoms with E-state index in [0.717, 1.165) is 30.9 Å². The summed E-state index contributed by atoms with van der Waals surface area (Å²) in [6, 6.07) is 9.18. The first-order valence-corrected chi connectivity index (χ1v) is 15.5. The number of hydrogen-bond donors (Lipinski definition) is 1. The lowest BCUT2D eigenvalue weighted by Crippen LogP contribution is -2.27. The van der Waals surface area contributed by atoms with Crippen molar-refractivity contribution in [2.24, 2.45) is 4.36 Å². The quantitative estimate of drug-likeness (QED) is 0.223. The fourth-order valence-corrected chi connectivity index (χ4v) is 5.33. The average molecular weight is 579 g/mol. The summed E-state index contributed by atoms with van der Waals surface area (Å²) in [5.41, 5.74) is 3.21. The van der Waals surface area contributed by atoms with Crippen molar-refractivity contribution in [3.8, 4) is 11.6 Å². The summed E-state index contributed by atoms with van der Waals surface area (Å²) in [7, 11) is 1.30. The molecule has 4 aromatic rings. The highest BCUT2D eigenvalue weighted by Gasteiger charge is 2.21. The fraction of sp³-hybridized carbons (Fsp3) is 0.357. The highest BCUT2D eigenvalue weighted by atomic mass is 32.2. The first-order chi connectivity index (χ1) is 19.7. The lowest BCUT2D eigenvalue weighted by atomic mass is 9.98. The van der Waals surface area contributed by atoms with Crippen LogP contribution in [0.25, 0.3) is 16.9 Å². The number of benzene rings is 1. The molecular formula is C28H34N8O4S. The van der Waals surface area contributed by atoms with Gasteiger partial charge in [-0.2, -0.15) is 9.35 Å². The number of ether oxygens (including phenoxy) is 2. The number of nitrogens with zero attached hydrogens (tertiary/aromatic N) is 7. The second-order valence-electron chi connectivity index (χ2n) is 10.1. The Bertz CT molecular complexity index is 1780. The number of aromatic nitrogens is 5. The summed E-state index contributed by atoms with van der Waals surface area (Å²) in [6.07, 6.45) is 7.10. The normalized spacial score (nSPS) is 13.7. The van der Waals surface area contributed by atoms with E-state index in [4.69, 9.17) is 14.5 Å². The van der Waals surface area contributed by atoms with Crippen LogP contribution in [0.4, 0.5) is 17.5 Å². The molecule has 0 bridgehead atoms. The van der Waals surface area contributed by atoms with Gasteiger partial charge >= 0.3 is 0 Å². The Labute approximate surface area is 238 Å². The minimum atomic E-state index is -2.43. The molecule has 1 aliphatic heterocycles. The summed E-state index contributed by atoms with van der Waals surface area (Å²) < 4.78 is 30.8. The summed E-state index contributed by atoms with van der Waals surface area (Å²) in [5, 5.41) is 3.63. The average Bonchev–Trinajstić information content (AvgIpc) is 3.18. The molecule has 0 radical (unpaired) electrons. The van der Waals surface area contributed by atoms with Gasteiger partial charge in [-0.25, -0.2) is 23.5 Å². The predicted octanol–water partition coefficient (Wildman–Crippen LogP) is 3.28. The van der Waals surface area contributed by atoms with Gasteiger partial charge < -0.3 is 19.7 Å². The number of pyridine rings is 1. The summed E-state index contributed by atoms with van der Waals surface area (Å²) in [6.45, 7) is 6.70. The molecule has 1 N–H and O–H groups in total. The maximum Gasteiger partial charge on any atom is 0.278 e. The molecule has 0 aliphatic carbocycles. The zero-order chi connectivity index (χ0) is 29.1. The van der Waals surface area contributed by atoms with Crippen LogP contribution in [0, 0.1) is 0 Å². The predicted molar refractivity (Wildman–Crippen MR) is 160 cm³/mol. The Balaban J connectivity index is 1.59. The number of anilines is 2. The van der Waals surface area contributed by atoms with Gasteiger partial charge in [0, 0.05) is 66.0 Å². The van der Waals surface area contributed by atoms with Gasteiger partial charge in [0.15, 0.2) is 17.3 Å². The molecule has 12 nitrogen and oxygen atoms in total. The molecule has 4 heterocycles. The Morgan fingerprint density at radius 2 is 2.05 bits per heavy atom. The molecule has 0 atom stereocenters. The highest BCUT2D eigenvalue weighted by molar-refractivity contribution is 7.92. The lowest BCUT2D eigenvalue weighted by molar-refractivity contribution is 0.145. The standard InChI is InChI=1S/C28H34N8O4S/c1-6-11-35-27(37)22-17-29-28(32-26(22)36(35)25-9-7-8-24(31-25)33-41(4,5)38)30-20-15-19-18-34(2)12-10-21(19)23(16-20)40-14-13-39-3/h6-9,15-17H,1,10-14,18H2,2-5H3,(H,29,30,32). The molecule has 0 unspecified atom stereocenters. The topological polar surface area (TPSA) is 129 Å². The number of hydrogen-bond acceptors (Lipinski definition) is 10. The van der Waals surface area contributed by atoms with E-state index < -0.39 is 9.73 Å². The summed E-state index contributed by atoms with van der Waals surface area (Å²) >= 11 is 0. The van der Waals surface area contributed by atoms with Crippen molar-refractivity contribution in [2.75, 3.05) is 51.7 Å². The molecule has 0 saturated heterocycles. The van der Waals surface area contributed by atoms with E-state index in [1.807, 2.05) is 6.07 Å². The molecule has 0 spiro atoms. The third-order valence-corrected chi connectivity index (χ3v) is 7.14. The number of nitrogens with one attached hydrogen (secondary N) is 1. The van der Waals surface area contributed by atoms with Gasteiger partial charge in [-0.05, 0) is 37.2 Å². The van der Waals surface area contributed by atoms with Crippen LogP contribution in [0.15, 0.2) is 58.3 Å². The SMILES string of the molecule is C=CCn1c(=O)c2cnc(Nc3cc4c(c(OCCOC)c3)CCN(C)C4)nc2n1-c1cccc(N=S(C)(C)=O)n1. The first kappa shape index (κ1) is 28.5. The summed E-state index contributed by atoms with van der Waals surface area (Å²) in [4.78, 5) is 29.3. The zero-order valence-corrected chi connectivity index (χ0v) is 24.5. The van der Waals surface area contributed by atoms with Gasteiger partial charge in [0.05, 0.1) is 13.2 Å². The minimum Gasteiger partial charge on any atom is -0.491 e. The van der Waals surface area contributed by atoms with E-state index in [-0.39, 0.29) is 12.1 Å². The van der Waals surface area contributed by atoms with E-state index in [0.29, 0.717) is 41.8 Å². The smallest absolute Gasteiger partial charge is 0.278 e. The Morgan fingerprint density at radius 3 is 2.80 bits per heavy atom.